The first-order valence-corrected chi connectivity index (χ1v) is 6.07. The first-order chi connectivity index (χ1) is 9.13. The lowest BCUT2D eigenvalue weighted by Crippen LogP contribution is -2.40. The van der Waals surface area contributed by atoms with Gasteiger partial charge in [-0.05, 0) is 24.6 Å². The van der Waals surface area contributed by atoms with Crippen molar-refractivity contribution >= 4 is 22.8 Å². The van der Waals surface area contributed by atoms with Gasteiger partial charge in [-0.1, -0.05) is 0 Å². The average molecular weight is 260 g/mol. The molecule has 3 rings (SSSR count). The van der Waals surface area contributed by atoms with E-state index in [9.17, 15) is 14.4 Å². The molecule has 0 atom stereocenters. The maximum atomic E-state index is 12.2. The highest BCUT2D eigenvalue weighted by Crippen LogP contribution is 2.16. The third-order valence-electron chi connectivity index (χ3n) is 3.21. The molecular formula is C13H12N2O4. The van der Waals surface area contributed by atoms with E-state index >= 15 is 0 Å². The topological polar surface area (TPSA) is 83.4 Å². The highest BCUT2D eigenvalue weighted by molar-refractivity contribution is 5.99. The van der Waals surface area contributed by atoms with E-state index < -0.39 is 5.76 Å². The van der Waals surface area contributed by atoms with Crippen LogP contribution in [0, 0.1) is 0 Å². The van der Waals surface area contributed by atoms with Gasteiger partial charge in [-0.15, -0.1) is 0 Å². The zero-order valence-corrected chi connectivity index (χ0v) is 10.1. The number of aromatic amines is 1. The predicted octanol–water partition coefficient (Wildman–Crippen LogP) is 0.926. The van der Waals surface area contributed by atoms with Gasteiger partial charge in [0.2, 0.25) is 0 Å². The molecule has 0 bridgehead atoms. The van der Waals surface area contributed by atoms with Gasteiger partial charge in [0.05, 0.1) is 12.1 Å². The van der Waals surface area contributed by atoms with Crippen LogP contribution in [0.4, 0.5) is 0 Å². The number of hydrogen-bond donors (Lipinski definition) is 1. The molecule has 2 aromatic rings. The van der Waals surface area contributed by atoms with Crippen LogP contribution < -0.4 is 5.76 Å². The van der Waals surface area contributed by atoms with Crippen molar-refractivity contribution < 1.29 is 14.0 Å². The predicted molar refractivity (Wildman–Crippen MR) is 67.0 cm³/mol. The maximum absolute atomic E-state index is 12.2. The van der Waals surface area contributed by atoms with E-state index in [0.29, 0.717) is 36.0 Å². The molecule has 1 saturated heterocycles. The Hall–Kier alpha value is -2.37. The lowest BCUT2D eigenvalue weighted by atomic mass is 10.1. The molecule has 0 spiro atoms. The zero-order chi connectivity index (χ0) is 13.4. The number of hydrogen-bond acceptors (Lipinski definition) is 4. The highest BCUT2D eigenvalue weighted by atomic mass is 16.4. The minimum atomic E-state index is -0.548. The Bertz CT molecular complexity index is 713. The van der Waals surface area contributed by atoms with Crippen LogP contribution in [0.5, 0.6) is 0 Å². The van der Waals surface area contributed by atoms with Crippen molar-refractivity contribution in [3.63, 3.8) is 0 Å². The van der Waals surface area contributed by atoms with Crippen molar-refractivity contribution in [3.8, 4) is 0 Å². The van der Waals surface area contributed by atoms with Crippen LogP contribution in [-0.4, -0.2) is 34.7 Å². The Balaban J connectivity index is 1.92. The Kier molecular flexibility index (Phi) is 2.70. The number of ketones is 1. The molecule has 98 valence electrons. The fraction of sp³-hybridized carbons (Fsp3) is 0.308. The number of H-pyrrole nitrogens is 1. The largest absolute Gasteiger partial charge is 0.417 e. The molecule has 1 fully saturated rings. The van der Waals surface area contributed by atoms with Gasteiger partial charge in [-0.3, -0.25) is 14.6 Å². The third-order valence-corrected chi connectivity index (χ3v) is 3.21. The summed E-state index contributed by atoms with van der Waals surface area (Å²) in [6.45, 7) is 0.744. The fourth-order valence-electron chi connectivity index (χ4n) is 2.27. The monoisotopic (exact) mass is 260 g/mol. The van der Waals surface area contributed by atoms with Crippen molar-refractivity contribution in [1.82, 2.24) is 9.88 Å². The first-order valence-electron chi connectivity index (χ1n) is 6.07. The zero-order valence-electron chi connectivity index (χ0n) is 10.1. The van der Waals surface area contributed by atoms with Gasteiger partial charge in [-0.2, -0.15) is 0 Å². The summed E-state index contributed by atoms with van der Waals surface area (Å²) in [4.78, 5) is 38.7. The number of likely N-dealkylation sites (tertiary alicyclic amines) is 1. The van der Waals surface area contributed by atoms with E-state index in [4.69, 9.17) is 4.42 Å². The summed E-state index contributed by atoms with van der Waals surface area (Å²) >= 11 is 0. The Morgan fingerprint density at radius 2 is 2.16 bits per heavy atom. The molecule has 0 radical (unpaired) electrons. The summed E-state index contributed by atoms with van der Waals surface area (Å²) in [7, 11) is 0. The van der Waals surface area contributed by atoms with Crippen molar-refractivity contribution in [2.75, 3.05) is 13.1 Å². The van der Waals surface area contributed by atoms with Gasteiger partial charge >= 0.3 is 5.76 Å². The molecule has 0 saturated carbocycles. The highest BCUT2D eigenvalue weighted by Gasteiger charge is 2.22. The van der Waals surface area contributed by atoms with E-state index in [2.05, 4.69) is 4.98 Å². The van der Waals surface area contributed by atoms with Crippen LogP contribution in [0.2, 0.25) is 0 Å². The lowest BCUT2D eigenvalue weighted by molar-refractivity contribution is -0.121. The number of aromatic nitrogens is 1. The maximum Gasteiger partial charge on any atom is 0.417 e. The molecule has 6 nitrogen and oxygen atoms in total. The van der Waals surface area contributed by atoms with Crippen molar-refractivity contribution in [2.24, 2.45) is 0 Å². The van der Waals surface area contributed by atoms with Crippen molar-refractivity contribution in [2.45, 2.75) is 12.8 Å². The molecule has 1 aromatic heterocycles. The number of oxazole rings is 1. The Morgan fingerprint density at radius 3 is 2.95 bits per heavy atom. The number of carbonyl (C=O) groups is 2. The van der Waals surface area contributed by atoms with Gasteiger partial charge in [0, 0.05) is 18.5 Å². The molecule has 1 aliphatic heterocycles. The lowest BCUT2D eigenvalue weighted by Gasteiger charge is -2.25. The van der Waals surface area contributed by atoms with E-state index in [1.165, 1.54) is 11.0 Å². The summed E-state index contributed by atoms with van der Waals surface area (Å²) in [5.74, 6) is -0.680. The number of nitrogens with one attached hydrogen (secondary N) is 1. The first kappa shape index (κ1) is 11.7. The summed E-state index contributed by atoms with van der Waals surface area (Å²) in [6, 6.07) is 4.77. The van der Waals surface area contributed by atoms with E-state index in [0.717, 1.165) is 0 Å². The van der Waals surface area contributed by atoms with Gasteiger partial charge in [0.25, 0.3) is 5.91 Å². The quantitative estimate of drug-likeness (QED) is 0.826. The van der Waals surface area contributed by atoms with Gasteiger partial charge in [0.1, 0.15) is 0 Å². The molecule has 1 N–H and O–H groups in total. The Labute approximate surface area is 108 Å². The molecular weight excluding hydrogens is 248 g/mol. The van der Waals surface area contributed by atoms with E-state index in [1.807, 2.05) is 0 Å². The minimum absolute atomic E-state index is 0.0776. The standard InChI is InChI=1S/C13H12N2O4/c16-9-2-1-5-15(7-9)12(17)8-3-4-10-11(6-8)19-13(18)14-10/h3-4,6H,1-2,5,7H2,(H,14,18). The molecule has 0 unspecified atom stereocenters. The molecule has 2 heterocycles. The van der Waals surface area contributed by atoms with E-state index in [-0.39, 0.29) is 18.2 Å². The van der Waals surface area contributed by atoms with Crippen LogP contribution in [0.15, 0.2) is 27.4 Å². The summed E-state index contributed by atoms with van der Waals surface area (Å²) in [6.07, 6.45) is 1.24. The number of fused-ring (bicyclic) bond motifs is 1. The second-order valence-electron chi connectivity index (χ2n) is 4.59. The number of benzene rings is 1. The number of carbonyl (C=O) groups excluding carboxylic acids is 2. The van der Waals surface area contributed by atoms with E-state index in [1.54, 1.807) is 12.1 Å². The SMILES string of the molecule is O=C1CCCN(C(=O)c2ccc3[nH]c(=O)oc3c2)C1. The number of piperidine rings is 1. The number of nitrogens with zero attached hydrogens (tertiary/aromatic N) is 1. The van der Waals surface area contributed by atoms with Crippen molar-refractivity contribution in [1.29, 1.82) is 0 Å². The molecule has 0 aliphatic carbocycles. The molecule has 1 aromatic carbocycles. The second kappa shape index (κ2) is 4.38. The normalized spacial score (nSPS) is 16.0. The molecule has 6 heteroatoms. The van der Waals surface area contributed by atoms with Gasteiger partial charge in [-0.25, -0.2) is 4.79 Å². The second-order valence-corrected chi connectivity index (χ2v) is 4.59. The molecule has 1 amide bonds. The average Bonchev–Trinajstić information content (AvgIpc) is 2.76. The van der Waals surface area contributed by atoms with Crippen LogP contribution in [0.3, 0.4) is 0 Å². The fourth-order valence-corrected chi connectivity index (χ4v) is 2.27. The van der Waals surface area contributed by atoms with Gasteiger partial charge < -0.3 is 9.32 Å². The van der Waals surface area contributed by atoms with Crippen LogP contribution in [0.1, 0.15) is 23.2 Å². The van der Waals surface area contributed by atoms with Crippen LogP contribution in [0.25, 0.3) is 11.1 Å². The Morgan fingerprint density at radius 1 is 1.32 bits per heavy atom. The number of Topliss-reactive ketones (excluding diaryl/α,β-unsaturated/α-hetero) is 1. The van der Waals surface area contributed by atoms with Crippen LogP contribution >= 0.6 is 0 Å². The molecule has 19 heavy (non-hydrogen) atoms. The summed E-state index contributed by atoms with van der Waals surface area (Å²) in [5, 5.41) is 0. The van der Waals surface area contributed by atoms with Crippen LogP contribution in [-0.2, 0) is 4.79 Å². The number of rotatable bonds is 1. The summed E-state index contributed by atoms with van der Waals surface area (Å²) < 4.78 is 4.92. The smallest absolute Gasteiger partial charge is 0.408 e. The summed E-state index contributed by atoms with van der Waals surface area (Å²) in [5.41, 5.74) is 1.32. The minimum Gasteiger partial charge on any atom is -0.408 e. The van der Waals surface area contributed by atoms with Gasteiger partial charge in [0.15, 0.2) is 11.4 Å². The molecule has 1 aliphatic rings. The third kappa shape index (κ3) is 2.16. The van der Waals surface area contributed by atoms with Crippen molar-refractivity contribution in [3.05, 3.63) is 34.3 Å². The number of amides is 1.